The van der Waals surface area contributed by atoms with Crippen molar-refractivity contribution in [1.29, 1.82) is 0 Å². The predicted octanol–water partition coefficient (Wildman–Crippen LogP) is 2.90. The Balaban J connectivity index is 2.60. The van der Waals surface area contributed by atoms with Crippen molar-refractivity contribution in [2.24, 2.45) is 0 Å². The number of hydrogen-bond donors (Lipinski definition) is 0. The molecule has 2 nitrogen and oxygen atoms in total. The van der Waals surface area contributed by atoms with Gasteiger partial charge in [-0.3, -0.25) is 4.79 Å². The highest BCUT2D eigenvalue weighted by Crippen LogP contribution is 2.25. The van der Waals surface area contributed by atoms with E-state index < -0.39 is 0 Å². The third kappa shape index (κ3) is 1.33. The topological polar surface area (TPSA) is 30.2 Å². The smallest absolute Gasteiger partial charge is 0.185 e. The summed E-state index contributed by atoms with van der Waals surface area (Å²) >= 11 is 0. The Morgan fingerprint density at radius 2 is 1.93 bits per heavy atom. The lowest BCUT2D eigenvalue weighted by molar-refractivity contribution is 0.110. The maximum absolute atomic E-state index is 13.3. The number of rotatable bonds is 2. The molecule has 1 aromatic carbocycles. The molecule has 0 bridgehead atoms. The SMILES string of the molecule is O=Cc1occc1-c1ccccc1F. The molecule has 0 aliphatic carbocycles. The number of carbonyl (C=O) groups excluding carboxylic acids is 1. The van der Waals surface area contributed by atoms with Gasteiger partial charge in [-0.05, 0) is 12.1 Å². The highest BCUT2D eigenvalue weighted by molar-refractivity contribution is 5.84. The summed E-state index contributed by atoms with van der Waals surface area (Å²) in [5.74, 6) is -0.216. The molecule has 70 valence electrons. The lowest BCUT2D eigenvalue weighted by atomic mass is 10.1. The van der Waals surface area contributed by atoms with Gasteiger partial charge >= 0.3 is 0 Å². The van der Waals surface area contributed by atoms with Gasteiger partial charge in [0.1, 0.15) is 5.82 Å². The molecule has 0 aliphatic rings. The molecule has 1 heterocycles. The fraction of sp³-hybridized carbons (Fsp3) is 0. The van der Waals surface area contributed by atoms with E-state index in [0.717, 1.165) is 0 Å². The first kappa shape index (κ1) is 8.69. The molecule has 2 rings (SSSR count). The Hall–Kier alpha value is -1.90. The second kappa shape index (κ2) is 3.46. The lowest BCUT2D eigenvalue weighted by Gasteiger charge is -1.99. The van der Waals surface area contributed by atoms with Gasteiger partial charge in [0.2, 0.25) is 0 Å². The van der Waals surface area contributed by atoms with Gasteiger partial charge in [-0.1, -0.05) is 18.2 Å². The summed E-state index contributed by atoms with van der Waals surface area (Å²) in [4.78, 5) is 10.6. The molecule has 0 fully saturated rings. The Labute approximate surface area is 80.0 Å². The van der Waals surface area contributed by atoms with Gasteiger partial charge in [-0.25, -0.2) is 4.39 Å². The Kier molecular flexibility index (Phi) is 2.14. The van der Waals surface area contributed by atoms with Crippen LogP contribution in [0.25, 0.3) is 11.1 Å². The van der Waals surface area contributed by atoms with Crippen molar-refractivity contribution in [1.82, 2.24) is 0 Å². The number of benzene rings is 1. The summed E-state index contributed by atoms with van der Waals surface area (Å²) in [5, 5.41) is 0. The first-order valence-corrected chi connectivity index (χ1v) is 4.10. The van der Waals surface area contributed by atoms with Gasteiger partial charge in [0.25, 0.3) is 0 Å². The van der Waals surface area contributed by atoms with E-state index in [1.165, 1.54) is 12.3 Å². The van der Waals surface area contributed by atoms with E-state index in [9.17, 15) is 9.18 Å². The Morgan fingerprint density at radius 1 is 1.14 bits per heavy atom. The maximum atomic E-state index is 13.3. The maximum Gasteiger partial charge on any atom is 0.185 e. The lowest BCUT2D eigenvalue weighted by Crippen LogP contribution is -1.85. The van der Waals surface area contributed by atoms with Crippen LogP contribution < -0.4 is 0 Å². The van der Waals surface area contributed by atoms with E-state index in [2.05, 4.69) is 0 Å². The minimum Gasteiger partial charge on any atom is -0.461 e. The molecule has 14 heavy (non-hydrogen) atoms. The largest absolute Gasteiger partial charge is 0.461 e. The molecule has 0 spiro atoms. The molecule has 0 amide bonds. The molecular weight excluding hydrogens is 183 g/mol. The number of aldehydes is 1. The highest BCUT2D eigenvalue weighted by Gasteiger charge is 2.10. The summed E-state index contributed by atoms with van der Waals surface area (Å²) in [6.07, 6.45) is 1.94. The zero-order valence-electron chi connectivity index (χ0n) is 7.24. The Bertz CT molecular complexity index is 460. The summed E-state index contributed by atoms with van der Waals surface area (Å²) in [7, 11) is 0. The van der Waals surface area contributed by atoms with Gasteiger partial charge in [0.05, 0.1) is 6.26 Å². The Morgan fingerprint density at radius 3 is 2.64 bits per heavy atom. The van der Waals surface area contributed by atoms with Crippen LogP contribution in [-0.4, -0.2) is 6.29 Å². The molecule has 0 saturated heterocycles. The standard InChI is InChI=1S/C11H7FO2/c12-10-4-2-1-3-8(10)9-5-6-14-11(9)7-13/h1-7H. The van der Waals surface area contributed by atoms with Crippen LogP contribution in [0.5, 0.6) is 0 Å². The number of furan rings is 1. The van der Waals surface area contributed by atoms with Crippen LogP contribution in [0.4, 0.5) is 4.39 Å². The minimum absolute atomic E-state index is 0.148. The van der Waals surface area contributed by atoms with Crippen molar-refractivity contribution in [3.05, 3.63) is 48.2 Å². The van der Waals surface area contributed by atoms with Crippen molar-refractivity contribution >= 4 is 6.29 Å². The molecule has 0 atom stereocenters. The summed E-state index contributed by atoms with van der Waals surface area (Å²) in [6, 6.07) is 7.83. The first-order valence-electron chi connectivity index (χ1n) is 4.10. The van der Waals surface area contributed by atoms with Gasteiger partial charge in [0, 0.05) is 11.1 Å². The summed E-state index contributed by atoms with van der Waals surface area (Å²) in [5.41, 5.74) is 0.862. The molecule has 0 aliphatic heterocycles. The van der Waals surface area contributed by atoms with E-state index in [1.54, 1.807) is 24.3 Å². The van der Waals surface area contributed by atoms with Crippen molar-refractivity contribution in [3.63, 3.8) is 0 Å². The average Bonchev–Trinajstić information content (AvgIpc) is 2.66. The van der Waals surface area contributed by atoms with Crippen LogP contribution in [0.3, 0.4) is 0 Å². The molecule has 1 aromatic heterocycles. The minimum atomic E-state index is -0.364. The molecule has 2 aromatic rings. The predicted molar refractivity (Wildman–Crippen MR) is 49.5 cm³/mol. The first-order chi connectivity index (χ1) is 6.83. The fourth-order valence-electron chi connectivity index (χ4n) is 1.31. The number of halogens is 1. The van der Waals surface area contributed by atoms with Gasteiger partial charge in [-0.15, -0.1) is 0 Å². The van der Waals surface area contributed by atoms with Gasteiger partial charge < -0.3 is 4.42 Å². The third-order valence-corrected chi connectivity index (χ3v) is 1.97. The van der Waals surface area contributed by atoms with Gasteiger partial charge in [-0.2, -0.15) is 0 Å². The van der Waals surface area contributed by atoms with Crippen molar-refractivity contribution in [2.45, 2.75) is 0 Å². The second-order valence-corrected chi connectivity index (χ2v) is 2.80. The van der Waals surface area contributed by atoms with E-state index in [1.807, 2.05) is 0 Å². The van der Waals surface area contributed by atoms with Crippen LogP contribution >= 0.6 is 0 Å². The summed E-state index contributed by atoms with van der Waals surface area (Å²) < 4.78 is 18.2. The molecule has 0 unspecified atom stereocenters. The molecule has 0 N–H and O–H groups in total. The molecule has 0 saturated carbocycles. The highest BCUT2D eigenvalue weighted by atomic mass is 19.1. The summed E-state index contributed by atoms with van der Waals surface area (Å²) in [6.45, 7) is 0. The molecule has 0 radical (unpaired) electrons. The number of carbonyl (C=O) groups is 1. The van der Waals surface area contributed by atoms with Crippen LogP contribution in [0.1, 0.15) is 10.6 Å². The van der Waals surface area contributed by atoms with Crippen molar-refractivity contribution in [2.75, 3.05) is 0 Å². The average molecular weight is 190 g/mol. The second-order valence-electron chi connectivity index (χ2n) is 2.80. The van der Waals surface area contributed by atoms with E-state index in [-0.39, 0.29) is 11.6 Å². The van der Waals surface area contributed by atoms with Gasteiger partial charge in [0.15, 0.2) is 12.0 Å². The fourth-order valence-corrected chi connectivity index (χ4v) is 1.31. The molecular formula is C11H7FO2. The van der Waals surface area contributed by atoms with E-state index in [0.29, 0.717) is 17.4 Å². The van der Waals surface area contributed by atoms with Crippen LogP contribution in [0.15, 0.2) is 41.0 Å². The molecule has 3 heteroatoms. The monoisotopic (exact) mass is 190 g/mol. The van der Waals surface area contributed by atoms with E-state index >= 15 is 0 Å². The van der Waals surface area contributed by atoms with Crippen LogP contribution in [-0.2, 0) is 0 Å². The zero-order valence-corrected chi connectivity index (χ0v) is 7.24. The number of hydrogen-bond acceptors (Lipinski definition) is 2. The zero-order chi connectivity index (χ0) is 9.97. The normalized spacial score (nSPS) is 10.1. The van der Waals surface area contributed by atoms with Crippen molar-refractivity contribution < 1.29 is 13.6 Å². The van der Waals surface area contributed by atoms with Crippen LogP contribution in [0.2, 0.25) is 0 Å². The van der Waals surface area contributed by atoms with Crippen molar-refractivity contribution in [3.8, 4) is 11.1 Å². The van der Waals surface area contributed by atoms with E-state index in [4.69, 9.17) is 4.42 Å². The quantitative estimate of drug-likeness (QED) is 0.681. The van der Waals surface area contributed by atoms with Crippen LogP contribution in [0, 0.1) is 5.82 Å². The third-order valence-electron chi connectivity index (χ3n) is 1.97.